The smallest absolute Gasteiger partial charge is 0.306 e. The van der Waals surface area contributed by atoms with Gasteiger partial charge in [0, 0.05) is 12.5 Å². The molecule has 0 amide bonds. The fraction of sp³-hybridized carbons (Fsp3) is 0.588. The third-order valence-electron chi connectivity index (χ3n) is 4.98. The van der Waals surface area contributed by atoms with Gasteiger partial charge in [0.2, 0.25) is 0 Å². The van der Waals surface area contributed by atoms with Crippen molar-refractivity contribution in [3.8, 4) is 0 Å². The molecule has 20 heavy (non-hydrogen) atoms. The molecule has 1 unspecified atom stereocenters. The van der Waals surface area contributed by atoms with E-state index in [4.69, 9.17) is 5.11 Å². The zero-order valence-electron chi connectivity index (χ0n) is 11.8. The predicted octanol–water partition coefficient (Wildman–Crippen LogP) is 2.81. The van der Waals surface area contributed by atoms with Crippen molar-refractivity contribution in [2.24, 2.45) is 11.8 Å². The van der Waals surface area contributed by atoms with Crippen molar-refractivity contribution in [1.82, 2.24) is 5.32 Å². The highest BCUT2D eigenvalue weighted by molar-refractivity contribution is 5.69. The molecule has 0 aromatic heterocycles. The van der Waals surface area contributed by atoms with Gasteiger partial charge in [0.1, 0.15) is 0 Å². The van der Waals surface area contributed by atoms with Crippen LogP contribution in [0.4, 0.5) is 0 Å². The Balaban J connectivity index is 1.37. The summed E-state index contributed by atoms with van der Waals surface area (Å²) in [5, 5.41) is 12.6. The van der Waals surface area contributed by atoms with Gasteiger partial charge in [-0.3, -0.25) is 4.79 Å². The van der Waals surface area contributed by atoms with Gasteiger partial charge in [0.05, 0.1) is 5.92 Å². The van der Waals surface area contributed by atoms with E-state index >= 15 is 0 Å². The molecule has 0 bridgehead atoms. The molecule has 0 heterocycles. The minimum absolute atomic E-state index is 0.0928. The van der Waals surface area contributed by atoms with E-state index in [2.05, 4.69) is 29.6 Å². The maximum atomic E-state index is 10.9. The van der Waals surface area contributed by atoms with Crippen LogP contribution in [0.15, 0.2) is 24.3 Å². The Morgan fingerprint density at radius 1 is 1.15 bits per heavy atom. The first-order valence-electron chi connectivity index (χ1n) is 7.75. The van der Waals surface area contributed by atoms with Crippen LogP contribution in [0, 0.1) is 11.8 Å². The fourth-order valence-electron chi connectivity index (χ4n) is 3.62. The van der Waals surface area contributed by atoms with E-state index in [1.165, 1.54) is 17.5 Å². The van der Waals surface area contributed by atoms with Crippen molar-refractivity contribution in [2.75, 3.05) is 13.1 Å². The van der Waals surface area contributed by atoms with Gasteiger partial charge in [-0.1, -0.05) is 24.3 Å². The molecule has 1 saturated carbocycles. The Bertz CT molecular complexity index is 478. The lowest BCUT2D eigenvalue weighted by molar-refractivity contribution is -0.143. The molecule has 1 aromatic rings. The molecular weight excluding hydrogens is 250 g/mol. The van der Waals surface area contributed by atoms with Crippen molar-refractivity contribution in [3.63, 3.8) is 0 Å². The van der Waals surface area contributed by atoms with E-state index in [1.54, 1.807) is 0 Å². The van der Waals surface area contributed by atoms with Crippen molar-refractivity contribution >= 4 is 5.97 Å². The fourth-order valence-corrected chi connectivity index (χ4v) is 3.62. The van der Waals surface area contributed by atoms with E-state index in [-0.39, 0.29) is 5.92 Å². The van der Waals surface area contributed by atoms with Crippen LogP contribution in [-0.2, 0) is 11.2 Å². The second-order valence-electron chi connectivity index (χ2n) is 6.31. The maximum Gasteiger partial charge on any atom is 0.306 e. The Labute approximate surface area is 120 Å². The van der Waals surface area contributed by atoms with Crippen molar-refractivity contribution in [1.29, 1.82) is 0 Å². The number of benzene rings is 1. The van der Waals surface area contributed by atoms with Gasteiger partial charge in [-0.05, 0) is 55.7 Å². The summed E-state index contributed by atoms with van der Waals surface area (Å²) in [4.78, 5) is 10.9. The summed E-state index contributed by atoms with van der Waals surface area (Å²) < 4.78 is 0. The highest BCUT2D eigenvalue weighted by atomic mass is 16.4. The van der Waals surface area contributed by atoms with Crippen molar-refractivity contribution in [2.45, 2.75) is 38.0 Å². The molecular formula is C17H23NO2. The summed E-state index contributed by atoms with van der Waals surface area (Å²) >= 11 is 0. The number of fused-ring (bicyclic) bond motifs is 1. The van der Waals surface area contributed by atoms with Gasteiger partial charge in [0.25, 0.3) is 0 Å². The molecule has 3 rings (SSSR count). The largest absolute Gasteiger partial charge is 0.481 e. The Morgan fingerprint density at radius 3 is 2.60 bits per heavy atom. The lowest BCUT2D eigenvalue weighted by atomic mass is 9.77. The summed E-state index contributed by atoms with van der Waals surface area (Å²) in [6.45, 7) is 2.11. The molecule has 0 spiro atoms. The average molecular weight is 273 g/mol. The van der Waals surface area contributed by atoms with E-state index in [0.29, 0.717) is 11.8 Å². The number of hydrogen-bond acceptors (Lipinski definition) is 2. The summed E-state index contributed by atoms with van der Waals surface area (Å²) in [6.07, 6.45) is 5.03. The predicted molar refractivity (Wildman–Crippen MR) is 78.8 cm³/mol. The summed E-state index contributed by atoms with van der Waals surface area (Å²) in [5.41, 5.74) is 3.01. The van der Waals surface area contributed by atoms with E-state index in [9.17, 15) is 4.79 Å². The number of hydrogen-bond donors (Lipinski definition) is 2. The lowest BCUT2D eigenvalue weighted by Crippen LogP contribution is -2.34. The molecule has 2 aliphatic rings. The van der Waals surface area contributed by atoms with Crippen molar-refractivity contribution in [3.05, 3.63) is 35.4 Å². The first-order valence-corrected chi connectivity index (χ1v) is 7.75. The van der Waals surface area contributed by atoms with Crippen LogP contribution in [0.2, 0.25) is 0 Å². The molecule has 1 aromatic carbocycles. The molecule has 2 N–H and O–H groups in total. The maximum absolute atomic E-state index is 10.9. The van der Waals surface area contributed by atoms with E-state index in [0.717, 1.165) is 38.8 Å². The Morgan fingerprint density at radius 2 is 1.90 bits per heavy atom. The van der Waals surface area contributed by atoms with Gasteiger partial charge in [-0.15, -0.1) is 0 Å². The molecule has 0 aliphatic heterocycles. The van der Waals surface area contributed by atoms with Crippen LogP contribution in [0.5, 0.6) is 0 Å². The number of carboxylic acids is 1. The third kappa shape index (κ3) is 2.88. The number of aliphatic carboxylic acids is 1. The Hall–Kier alpha value is -1.35. The van der Waals surface area contributed by atoms with Gasteiger partial charge < -0.3 is 10.4 Å². The molecule has 108 valence electrons. The van der Waals surface area contributed by atoms with Crippen LogP contribution >= 0.6 is 0 Å². The quantitative estimate of drug-likeness (QED) is 0.867. The second kappa shape index (κ2) is 5.96. The van der Waals surface area contributed by atoms with Crippen LogP contribution in [0.3, 0.4) is 0 Å². The molecule has 0 saturated heterocycles. The van der Waals surface area contributed by atoms with E-state index < -0.39 is 5.97 Å². The van der Waals surface area contributed by atoms with E-state index in [1.807, 2.05) is 0 Å². The summed E-state index contributed by atoms with van der Waals surface area (Å²) in [5.74, 6) is 0.648. The summed E-state index contributed by atoms with van der Waals surface area (Å²) in [6, 6.07) is 8.70. The lowest BCUT2D eigenvalue weighted by Gasteiger charge is -2.32. The molecule has 1 fully saturated rings. The normalized spacial score (nSPS) is 28.5. The van der Waals surface area contributed by atoms with Crippen LogP contribution < -0.4 is 5.32 Å². The van der Waals surface area contributed by atoms with Crippen LogP contribution in [0.25, 0.3) is 0 Å². The van der Waals surface area contributed by atoms with Gasteiger partial charge >= 0.3 is 5.97 Å². The second-order valence-corrected chi connectivity index (χ2v) is 6.31. The zero-order valence-corrected chi connectivity index (χ0v) is 11.8. The molecule has 3 heteroatoms. The number of carboxylic acid groups (broad SMARTS) is 1. The number of carbonyl (C=O) groups is 1. The van der Waals surface area contributed by atoms with Gasteiger partial charge in [0.15, 0.2) is 0 Å². The highest BCUT2D eigenvalue weighted by Crippen LogP contribution is 2.34. The topological polar surface area (TPSA) is 49.3 Å². The molecule has 1 atom stereocenters. The standard InChI is InChI=1S/C17H23NO2/c19-17(20)13-7-5-12(6-8-13)10-18-11-15-9-14-3-1-2-4-16(14)15/h1-4,12-13,15,18H,5-11H2,(H,19,20). The molecule has 0 radical (unpaired) electrons. The van der Waals surface area contributed by atoms with Gasteiger partial charge in [-0.25, -0.2) is 0 Å². The minimum atomic E-state index is -0.609. The molecule has 2 aliphatic carbocycles. The summed E-state index contributed by atoms with van der Waals surface area (Å²) in [7, 11) is 0. The van der Waals surface area contributed by atoms with Crippen LogP contribution in [0.1, 0.15) is 42.7 Å². The van der Waals surface area contributed by atoms with Crippen molar-refractivity contribution < 1.29 is 9.90 Å². The highest BCUT2D eigenvalue weighted by Gasteiger charge is 2.27. The number of rotatable bonds is 5. The first-order chi connectivity index (χ1) is 9.74. The first kappa shape index (κ1) is 13.6. The van der Waals surface area contributed by atoms with Gasteiger partial charge in [-0.2, -0.15) is 0 Å². The SMILES string of the molecule is O=C(O)C1CCC(CNCC2Cc3ccccc32)CC1. The molecule has 3 nitrogen and oxygen atoms in total. The Kier molecular flexibility index (Phi) is 4.06. The number of nitrogens with one attached hydrogen (secondary N) is 1. The zero-order chi connectivity index (χ0) is 13.9. The third-order valence-corrected chi connectivity index (χ3v) is 4.98. The monoisotopic (exact) mass is 273 g/mol. The minimum Gasteiger partial charge on any atom is -0.481 e. The average Bonchev–Trinajstić information content (AvgIpc) is 2.44. The van der Waals surface area contributed by atoms with Crippen LogP contribution in [-0.4, -0.2) is 24.2 Å².